The number of urea groups is 1. The minimum Gasteiger partial charge on any atom is -0.351 e. The van der Waals surface area contributed by atoms with E-state index in [-0.39, 0.29) is 0 Å². The maximum atomic E-state index is 10.3. The van der Waals surface area contributed by atoms with Crippen LogP contribution in [0.5, 0.6) is 0 Å². The molecule has 0 rings (SSSR count). The molecule has 0 aliphatic carbocycles. The Balaban J connectivity index is 3.22. The number of nitrogens with zero attached hydrogens (tertiary/aromatic N) is 1. The van der Waals surface area contributed by atoms with Crippen LogP contribution in [0.3, 0.4) is 0 Å². The van der Waals surface area contributed by atoms with Crippen molar-refractivity contribution in [2.45, 2.75) is 12.8 Å². The SMILES string of the molecule is CN(CCCCN)NC(N)=O. The first kappa shape index (κ1) is 10.2. The number of carbonyl (C=O) groups excluding carboxylic acids is 1. The molecule has 0 aromatic rings. The quantitative estimate of drug-likeness (QED) is 0.365. The highest BCUT2D eigenvalue weighted by molar-refractivity contribution is 5.70. The lowest BCUT2D eigenvalue weighted by molar-refractivity contribution is 0.204. The summed E-state index contributed by atoms with van der Waals surface area (Å²) in [5, 5.41) is 1.65. The molecule has 5 heteroatoms. The fourth-order valence-electron chi connectivity index (χ4n) is 0.737. The van der Waals surface area contributed by atoms with Crippen LogP contribution in [0, 0.1) is 0 Å². The van der Waals surface area contributed by atoms with Gasteiger partial charge >= 0.3 is 6.03 Å². The summed E-state index contributed by atoms with van der Waals surface area (Å²) in [6.07, 6.45) is 1.93. The van der Waals surface area contributed by atoms with Crippen LogP contribution >= 0.6 is 0 Å². The van der Waals surface area contributed by atoms with Crippen molar-refractivity contribution in [1.29, 1.82) is 0 Å². The Morgan fingerprint density at radius 1 is 1.55 bits per heavy atom. The number of hydrazine groups is 1. The lowest BCUT2D eigenvalue weighted by Gasteiger charge is -2.15. The monoisotopic (exact) mass is 160 g/mol. The van der Waals surface area contributed by atoms with Crippen molar-refractivity contribution < 1.29 is 4.79 Å². The van der Waals surface area contributed by atoms with E-state index in [4.69, 9.17) is 11.5 Å². The smallest absolute Gasteiger partial charge is 0.326 e. The fourth-order valence-corrected chi connectivity index (χ4v) is 0.737. The predicted molar refractivity (Wildman–Crippen MR) is 43.6 cm³/mol. The zero-order valence-corrected chi connectivity index (χ0v) is 6.84. The molecule has 5 N–H and O–H groups in total. The topological polar surface area (TPSA) is 84.4 Å². The minimum absolute atomic E-state index is 0.528. The molecular weight excluding hydrogens is 144 g/mol. The molecule has 66 valence electrons. The van der Waals surface area contributed by atoms with Gasteiger partial charge in [0.25, 0.3) is 0 Å². The lowest BCUT2D eigenvalue weighted by Crippen LogP contribution is -2.42. The highest BCUT2D eigenvalue weighted by Crippen LogP contribution is 1.86. The van der Waals surface area contributed by atoms with Gasteiger partial charge in [0.05, 0.1) is 0 Å². The molecule has 0 unspecified atom stereocenters. The van der Waals surface area contributed by atoms with Crippen LogP contribution in [0.1, 0.15) is 12.8 Å². The van der Waals surface area contributed by atoms with Crippen LogP contribution in [-0.2, 0) is 0 Å². The van der Waals surface area contributed by atoms with Crippen LogP contribution in [0.25, 0.3) is 0 Å². The largest absolute Gasteiger partial charge is 0.351 e. The number of unbranched alkanes of at least 4 members (excludes halogenated alkanes) is 1. The van der Waals surface area contributed by atoms with Gasteiger partial charge in [-0.2, -0.15) is 0 Å². The average molecular weight is 160 g/mol. The number of hydrogen-bond donors (Lipinski definition) is 3. The molecule has 0 aromatic carbocycles. The van der Waals surface area contributed by atoms with Crippen molar-refractivity contribution in [2.24, 2.45) is 11.5 Å². The minimum atomic E-state index is -0.528. The third-order valence-corrected chi connectivity index (χ3v) is 1.25. The Bertz CT molecular complexity index is 117. The number of carbonyl (C=O) groups is 1. The van der Waals surface area contributed by atoms with E-state index in [9.17, 15) is 4.79 Å². The average Bonchev–Trinajstić information content (AvgIpc) is 1.86. The molecule has 11 heavy (non-hydrogen) atoms. The summed E-state index contributed by atoms with van der Waals surface area (Å²) < 4.78 is 0. The maximum absolute atomic E-state index is 10.3. The third-order valence-electron chi connectivity index (χ3n) is 1.25. The molecule has 0 spiro atoms. The summed E-state index contributed by atoms with van der Waals surface area (Å²) in [5.74, 6) is 0. The van der Waals surface area contributed by atoms with E-state index in [0.717, 1.165) is 19.4 Å². The van der Waals surface area contributed by atoms with Crippen LogP contribution in [0.15, 0.2) is 0 Å². The zero-order valence-electron chi connectivity index (χ0n) is 6.84. The van der Waals surface area contributed by atoms with Crippen molar-refractivity contribution in [2.75, 3.05) is 20.1 Å². The second kappa shape index (κ2) is 5.94. The van der Waals surface area contributed by atoms with E-state index >= 15 is 0 Å². The van der Waals surface area contributed by atoms with Gasteiger partial charge in [0.1, 0.15) is 0 Å². The van der Waals surface area contributed by atoms with Gasteiger partial charge in [0, 0.05) is 13.6 Å². The molecule has 0 fully saturated rings. The van der Waals surface area contributed by atoms with Crippen molar-refractivity contribution >= 4 is 6.03 Å². The number of nitrogens with one attached hydrogen (secondary N) is 1. The molecule has 5 nitrogen and oxygen atoms in total. The number of amides is 2. The van der Waals surface area contributed by atoms with E-state index < -0.39 is 6.03 Å². The molecule has 0 saturated carbocycles. The third kappa shape index (κ3) is 7.08. The van der Waals surface area contributed by atoms with Crippen molar-refractivity contribution in [3.05, 3.63) is 0 Å². The van der Waals surface area contributed by atoms with Gasteiger partial charge in [-0.3, -0.25) is 5.43 Å². The Hall–Kier alpha value is -0.810. The van der Waals surface area contributed by atoms with Gasteiger partial charge in [-0.1, -0.05) is 0 Å². The normalized spacial score (nSPS) is 10.1. The first-order chi connectivity index (χ1) is 5.16. The zero-order chi connectivity index (χ0) is 8.69. The molecule has 0 bridgehead atoms. The summed E-state index contributed by atoms with van der Waals surface area (Å²) in [6, 6.07) is -0.528. The highest BCUT2D eigenvalue weighted by Gasteiger charge is 1.97. The summed E-state index contributed by atoms with van der Waals surface area (Å²) in [4.78, 5) is 10.3. The van der Waals surface area contributed by atoms with Gasteiger partial charge in [-0.05, 0) is 19.4 Å². The van der Waals surface area contributed by atoms with Crippen LogP contribution in [0.4, 0.5) is 4.79 Å². The van der Waals surface area contributed by atoms with Gasteiger partial charge in [-0.25, -0.2) is 9.80 Å². The van der Waals surface area contributed by atoms with E-state index in [1.165, 1.54) is 0 Å². The van der Waals surface area contributed by atoms with E-state index in [1.807, 2.05) is 0 Å². The van der Waals surface area contributed by atoms with Crippen molar-refractivity contribution in [3.63, 3.8) is 0 Å². The first-order valence-electron chi connectivity index (χ1n) is 3.64. The van der Waals surface area contributed by atoms with Gasteiger partial charge in [-0.15, -0.1) is 0 Å². The molecule has 0 atom stereocenters. The second-order valence-corrected chi connectivity index (χ2v) is 2.39. The Morgan fingerprint density at radius 2 is 2.18 bits per heavy atom. The molecule has 0 radical (unpaired) electrons. The first-order valence-corrected chi connectivity index (χ1v) is 3.64. The summed E-state index contributed by atoms with van der Waals surface area (Å²) in [5.41, 5.74) is 12.6. The summed E-state index contributed by atoms with van der Waals surface area (Å²) in [6.45, 7) is 1.46. The molecule has 0 aliphatic rings. The standard InChI is InChI=1S/C6H16N4O/c1-10(9-6(8)11)5-3-2-4-7/h2-5,7H2,1H3,(H3,8,9,11). The Kier molecular flexibility index (Phi) is 5.50. The molecule has 0 aromatic heterocycles. The molecule has 2 amide bonds. The van der Waals surface area contributed by atoms with Crippen molar-refractivity contribution in [3.8, 4) is 0 Å². The highest BCUT2D eigenvalue weighted by atomic mass is 16.2. The predicted octanol–water partition coefficient (Wildman–Crippen LogP) is -0.760. The Labute approximate surface area is 66.7 Å². The van der Waals surface area contributed by atoms with Crippen LogP contribution < -0.4 is 16.9 Å². The number of hydrogen-bond acceptors (Lipinski definition) is 3. The van der Waals surface area contributed by atoms with Gasteiger partial charge in [0.15, 0.2) is 0 Å². The molecule has 0 saturated heterocycles. The lowest BCUT2D eigenvalue weighted by atomic mass is 10.3. The van der Waals surface area contributed by atoms with Gasteiger partial charge in [0.2, 0.25) is 0 Å². The number of primary amides is 1. The second-order valence-electron chi connectivity index (χ2n) is 2.39. The van der Waals surface area contributed by atoms with Crippen LogP contribution in [0.2, 0.25) is 0 Å². The molecule has 0 aliphatic heterocycles. The van der Waals surface area contributed by atoms with E-state index in [2.05, 4.69) is 5.43 Å². The molecule has 0 heterocycles. The van der Waals surface area contributed by atoms with Gasteiger partial charge < -0.3 is 11.5 Å². The van der Waals surface area contributed by atoms with Crippen molar-refractivity contribution in [1.82, 2.24) is 10.4 Å². The maximum Gasteiger partial charge on any atom is 0.326 e. The number of rotatable bonds is 5. The Morgan fingerprint density at radius 3 is 2.64 bits per heavy atom. The van der Waals surface area contributed by atoms with E-state index in [0.29, 0.717) is 6.54 Å². The fraction of sp³-hybridized carbons (Fsp3) is 0.833. The molecular formula is C6H16N4O. The number of nitrogens with two attached hydrogens (primary N) is 2. The van der Waals surface area contributed by atoms with Crippen LogP contribution in [-0.4, -0.2) is 31.2 Å². The van der Waals surface area contributed by atoms with E-state index in [1.54, 1.807) is 12.1 Å². The summed E-state index contributed by atoms with van der Waals surface area (Å²) >= 11 is 0. The summed E-state index contributed by atoms with van der Waals surface area (Å²) in [7, 11) is 1.77.